The molecule has 5 heteroatoms. The lowest BCUT2D eigenvalue weighted by Gasteiger charge is -2.21. The van der Waals surface area contributed by atoms with Crippen LogP contribution in [0.5, 0.6) is 0 Å². The van der Waals surface area contributed by atoms with Crippen LogP contribution in [-0.4, -0.2) is 28.9 Å². The van der Waals surface area contributed by atoms with Crippen LogP contribution in [0.15, 0.2) is 24.4 Å². The van der Waals surface area contributed by atoms with E-state index in [1.807, 2.05) is 30.0 Å². The molecule has 1 aromatic heterocycles. The summed E-state index contributed by atoms with van der Waals surface area (Å²) in [5.41, 5.74) is 8.05. The Hall–Kier alpha value is -1.62. The summed E-state index contributed by atoms with van der Waals surface area (Å²) in [4.78, 5) is 15.4. The van der Waals surface area contributed by atoms with E-state index in [-0.39, 0.29) is 5.91 Å². The predicted molar refractivity (Wildman–Crippen MR) is 85.1 cm³/mol. The smallest absolute Gasteiger partial charge is 0.253 e. The number of thioether (sulfide) groups is 1. The van der Waals surface area contributed by atoms with Crippen LogP contribution in [0.25, 0.3) is 10.9 Å². The maximum absolute atomic E-state index is 12.3. The highest BCUT2D eigenvalue weighted by Gasteiger charge is 2.16. The zero-order valence-electron chi connectivity index (χ0n) is 11.3. The van der Waals surface area contributed by atoms with Gasteiger partial charge in [-0.3, -0.25) is 4.79 Å². The maximum atomic E-state index is 12.3. The summed E-state index contributed by atoms with van der Waals surface area (Å²) in [6.07, 6.45) is 4.17. The van der Waals surface area contributed by atoms with Gasteiger partial charge in [0.15, 0.2) is 0 Å². The Morgan fingerprint density at radius 1 is 1.40 bits per heavy atom. The fraction of sp³-hybridized carbons (Fsp3) is 0.400. The van der Waals surface area contributed by atoms with Gasteiger partial charge in [-0.2, -0.15) is 11.8 Å². The van der Waals surface area contributed by atoms with Gasteiger partial charge in [0.25, 0.3) is 5.91 Å². The second kappa shape index (κ2) is 5.79. The van der Waals surface area contributed by atoms with Gasteiger partial charge >= 0.3 is 0 Å². The molecule has 3 rings (SSSR count). The zero-order valence-corrected chi connectivity index (χ0v) is 12.1. The van der Waals surface area contributed by atoms with Crippen LogP contribution in [0.2, 0.25) is 0 Å². The van der Waals surface area contributed by atoms with E-state index in [0.717, 1.165) is 17.4 Å². The number of amides is 1. The second-order valence-electron chi connectivity index (χ2n) is 5.27. The quantitative estimate of drug-likeness (QED) is 0.761. The molecule has 0 spiro atoms. The molecule has 1 aromatic carbocycles. The molecule has 0 unspecified atom stereocenters. The number of nitrogens with two attached hydrogens (primary N) is 1. The third-order valence-corrected chi connectivity index (χ3v) is 4.89. The van der Waals surface area contributed by atoms with E-state index < -0.39 is 0 Å². The molecular formula is C15H19N3OS. The van der Waals surface area contributed by atoms with Gasteiger partial charge in [0.2, 0.25) is 0 Å². The van der Waals surface area contributed by atoms with Crippen LogP contribution in [-0.2, 0) is 0 Å². The first kappa shape index (κ1) is 13.4. The molecule has 1 aliphatic heterocycles. The number of nitrogens with one attached hydrogen (secondary N) is 2. The summed E-state index contributed by atoms with van der Waals surface area (Å²) >= 11 is 2.00. The molecule has 0 bridgehead atoms. The lowest BCUT2D eigenvalue weighted by atomic mass is 10.0. The molecule has 2 heterocycles. The molecule has 2 aromatic rings. The highest BCUT2D eigenvalue weighted by atomic mass is 32.2. The van der Waals surface area contributed by atoms with Crippen LogP contribution in [0.4, 0.5) is 5.69 Å². The molecule has 4 N–H and O–H groups in total. The van der Waals surface area contributed by atoms with Crippen molar-refractivity contribution >= 4 is 34.3 Å². The van der Waals surface area contributed by atoms with E-state index in [9.17, 15) is 4.79 Å². The fourth-order valence-electron chi connectivity index (χ4n) is 2.61. The molecule has 1 amide bonds. The summed E-state index contributed by atoms with van der Waals surface area (Å²) in [6, 6.07) is 5.57. The van der Waals surface area contributed by atoms with Crippen molar-refractivity contribution in [2.45, 2.75) is 12.8 Å². The Morgan fingerprint density at radius 2 is 2.20 bits per heavy atom. The number of H-pyrrole nitrogens is 1. The standard InChI is InChI=1S/C15H19N3OS/c16-11-1-2-12-13(9-17-14(12)7-11)15(19)18-8-10-3-5-20-6-4-10/h1-2,7,9-10,17H,3-6,8,16H2,(H,18,19). The number of fused-ring (bicyclic) bond motifs is 1. The van der Waals surface area contributed by atoms with Gasteiger partial charge in [-0.05, 0) is 48.5 Å². The minimum Gasteiger partial charge on any atom is -0.399 e. The second-order valence-corrected chi connectivity index (χ2v) is 6.50. The molecule has 1 aliphatic rings. The lowest BCUT2D eigenvalue weighted by Crippen LogP contribution is -2.30. The fourth-order valence-corrected chi connectivity index (χ4v) is 3.82. The van der Waals surface area contributed by atoms with E-state index in [2.05, 4.69) is 10.3 Å². The highest BCUT2D eigenvalue weighted by Crippen LogP contribution is 2.23. The maximum Gasteiger partial charge on any atom is 0.253 e. The number of rotatable bonds is 3. The minimum absolute atomic E-state index is 0.000696. The monoisotopic (exact) mass is 289 g/mol. The number of anilines is 1. The number of benzene rings is 1. The van der Waals surface area contributed by atoms with Gasteiger partial charge in [-0.15, -0.1) is 0 Å². The normalized spacial score (nSPS) is 16.4. The number of hydrogen-bond donors (Lipinski definition) is 3. The number of nitrogen functional groups attached to an aromatic ring is 1. The first-order valence-electron chi connectivity index (χ1n) is 6.96. The first-order valence-corrected chi connectivity index (χ1v) is 8.12. The summed E-state index contributed by atoms with van der Waals surface area (Å²) in [5.74, 6) is 3.06. The number of carbonyl (C=O) groups excluding carboxylic acids is 1. The van der Waals surface area contributed by atoms with Gasteiger partial charge in [0.1, 0.15) is 0 Å². The Kier molecular flexibility index (Phi) is 3.87. The summed E-state index contributed by atoms with van der Waals surface area (Å²) in [5, 5.41) is 3.99. The van der Waals surface area contributed by atoms with Crippen LogP contribution in [0, 0.1) is 5.92 Å². The summed E-state index contributed by atoms with van der Waals surface area (Å²) in [7, 11) is 0. The zero-order chi connectivity index (χ0) is 13.9. The molecule has 4 nitrogen and oxygen atoms in total. The molecular weight excluding hydrogens is 270 g/mol. The SMILES string of the molecule is Nc1ccc2c(C(=O)NCC3CCSCC3)c[nH]c2c1. The van der Waals surface area contributed by atoms with Gasteiger partial charge in [-0.1, -0.05) is 0 Å². The third kappa shape index (κ3) is 2.77. The minimum atomic E-state index is -0.000696. The molecule has 1 fully saturated rings. The number of carbonyl (C=O) groups is 1. The van der Waals surface area contributed by atoms with Gasteiger partial charge in [0.05, 0.1) is 5.56 Å². The lowest BCUT2D eigenvalue weighted by molar-refractivity contribution is 0.0948. The van der Waals surface area contributed by atoms with Crippen molar-refractivity contribution < 1.29 is 4.79 Å². The summed E-state index contributed by atoms with van der Waals surface area (Å²) < 4.78 is 0. The van der Waals surface area contributed by atoms with Crippen LogP contribution in [0.1, 0.15) is 23.2 Å². The van der Waals surface area contributed by atoms with Gasteiger partial charge in [0, 0.05) is 29.3 Å². The number of aromatic amines is 1. The average molecular weight is 289 g/mol. The van der Waals surface area contributed by atoms with Crippen LogP contribution < -0.4 is 11.1 Å². The Bertz CT molecular complexity index is 617. The topological polar surface area (TPSA) is 70.9 Å². The average Bonchev–Trinajstić information content (AvgIpc) is 2.89. The summed E-state index contributed by atoms with van der Waals surface area (Å²) in [6.45, 7) is 0.779. The van der Waals surface area contributed by atoms with E-state index in [0.29, 0.717) is 17.2 Å². The van der Waals surface area contributed by atoms with E-state index >= 15 is 0 Å². The van der Waals surface area contributed by atoms with Crippen molar-refractivity contribution in [2.24, 2.45) is 5.92 Å². The molecule has 0 atom stereocenters. The number of hydrogen-bond acceptors (Lipinski definition) is 3. The predicted octanol–water partition coefficient (Wildman–Crippen LogP) is 2.62. The Labute approximate surface area is 122 Å². The van der Waals surface area contributed by atoms with Crippen molar-refractivity contribution in [1.82, 2.24) is 10.3 Å². The third-order valence-electron chi connectivity index (χ3n) is 3.84. The van der Waals surface area contributed by atoms with Crippen molar-refractivity contribution in [1.29, 1.82) is 0 Å². The van der Waals surface area contributed by atoms with E-state index in [4.69, 9.17) is 5.73 Å². The van der Waals surface area contributed by atoms with E-state index in [1.165, 1.54) is 24.3 Å². The van der Waals surface area contributed by atoms with Crippen molar-refractivity contribution in [3.8, 4) is 0 Å². The van der Waals surface area contributed by atoms with Gasteiger partial charge < -0.3 is 16.0 Å². The van der Waals surface area contributed by atoms with Gasteiger partial charge in [-0.25, -0.2) is 0 Å². The largest absolute Gasteiger partial charge is 0.399 e. The highest BCUT2D eigenvalue weighted by molar-refractivity contribution is 7.99. The Morgan fingerprint density at radius 3 is 3.00 bits per heavy atom. The molecule has 106 valence electrons. The van der Waals surface area contributed by atoms with E-state index in [1.54, 1.807) is 6.20 Å². The Balaban J connectivity index is 1.69. The van der Waals surface area contributed by atoms with Crippen molar-refractivity contribution in [3.05, 3.63) is 30.0 Å². The molecule has 0 radical (unpaired) electrons. The molecule has 20 heavy (non-hydrogen) atoms. The van der Waals surface area contributed by atoms with Crippen molar-refractivity contribution in [3.63, 3.8) is 0 Å². The number of aromatic nitrogens is 1. The molecule has 1 saturated heterocycles. The van der Waals surface area contributed by atoms with Crippen LogP contribution in [0.3, 0.4) is 0 Å². The molecule has 0 saturated carbocycles. The van der Waals surface area contributed by atoms with Crippen LogP contribution >= 0.6 is 11.8 Å². The van der Waals surface area contributed by atoms with Crippen molar-refractivity contribution in [2.75, 3.05) is 23.8 Å². The molecule has 0 aliphatic carbocycles. The first-order chi connectivity index (χ1) is 9.74.